The van der Waals surface area contributed by atoms with Gasteiger partial charge >= 0.3 is 0 Å². The molecule has 2 aliphatic rings. The molecule has 1 amide bonds. The van der Waals surface area contributed by atoms with E-state index in [4.69, 9.17) is 14.7 Å². The Morgan fingerprint density at radius 3 is 2.67 bits per heavy atom. The molecule has 0 radical (unpaired) electrons. The minimum Gasteiger partial charge on any atom is -0.457 e. The SMILES string of the molecule is CC1=CC2=NC(=O)/C(=C\c3ccc(-c4ccc([N+](=O)[O-])cc4)o3)C(=N)N2O1. The molecule has 0 atom stereocenters. The molecular formula is C18H12N4O5. The number of carbonyl (C=O) groups excluding carboxylic acids is 1. The number of amides is 1. The van der Waals surface area contributed by atoms with Crippen LogP contribution in [0.5, 0.6) is 0 Å². The highest BCUT2D eigenvalue weighted by Gasteiger charge is 2.34. The van der Waals surface area contributed by atoms with E-state index in [0.29, 0.717) is 22.8 Å². The van der Waals surface area contributed by atoms with E-state index in [1.165, 1.54) is 23.3 Å². The van der Waals surface area contributed by atoms with Crippen LogP contribution < -0.4 is 0 Å². The number of nitrogens with one attached hydrogen (secondary N) is 1. The smallest absolute Gasteiger partial charge is 0.283 e. The van der Waals surface area contributed by atoms with Crippen molar-refractivity contribution in [3.63, 3.8) is 0 Å². The molecule has 0 bridgehead atoms. The molecule has 0 aliphatic carbocycles. The lowest BCUT2D eigenvalue weighted by atomic mass is 10.1. The zero-order valence-electron chi connectivity index (χ0n) is 14.0. The quantitative estimate of drug-likeness (QED) is 0.506. The van der Waals surface area contributed by atoms with Gasteiger partial charge in [-0.2, -0.15) is 4.99 Å². The molecule has 4 rings (SSSR count). The van der Waals surface area contributed by atoms with Gasteiger partial charge in [-0.3, -0.25) is 20.3 Å². The number of benzene rings is 1. The van der Waals surface area contributed by atoms with Gasteiger partial charge in [-0.05, 0) is 37.3 Å². The maximum Gasteiger partial charge on any atom is 0.283 e. The molecule has 0 fully saturated rings. The number of furan rings is 1. The number of aliphatic imine (C=N–C) groups is 1. The van der Waals surface area contributed by atoms with Crippen LogP contribution >= 0.6 is 0 Å². The van der Waals surface area contributed by atoms with Crippen molar-refractivity contribution >= 4 is 29.3 Å². The second-order valence-electron chi connectivity index (χ2n) is 5.83. The van der Waals surface area contributed by atoms with E-state index >= 15 is 0 Å². The highest BCUT2D eigenvalue weighted by Crippen LogP contribution is 2.27. The van der Waals surface area contributed by atoms with Gasteiger partial charge in [0.15, 0.2) is 11.7 Å². The van der Waals surface area contributed by atoms with Crippen LogP contribution in [0.25, 0.3) is 17.4 Å². The van der Waals surface area contributed by atoms with Crippen molar-refractivity contribution in [2.75, 3.05) is 0 Å². The summed E-state index contributed by atoms with van der Waals surface area (Å²) in [7, 11) is 0. The first-order valence-corrected chi connectivity index (χ1v) is 7.87. The maximum absolute atomic E-state index is 12.2. The monoisotopic (exact) mass is 364 g/mol. The molecule has 9 heteroatoms. The first kappa shape index (κ1) is 16.5. The Labute approximate surface area is 152 Å². The van der Waals surface area contributed by atoms with Crippen molar-refractivity contribution in [2.45, 2.75) is 6.92 Å². The zero-order valence-corrected chi connectivity index (χ0v) is 14.0. The zero-order chi connectivity index (χ0) is 19.1. The minimum absolute atomic E-state index is 0.0166. The van der Waals surface area contributed by atoms with Gasteiger partial charge in [0.2, 0.25) is 0 Å². The standard InChI is InChI=1S/C18H12N4O5/c1-10-8-16-20-18(23)14(17(19)21(16)27-10)9-13-6-7-15(26-13)11-2-4-12(5-3-11)22(24)25/h2-9,19H,1H3/b14-9-,19-17?. The molecule has 0 unspecified atom stereocenters. The van der Waals surface area contributed by atoms with Gasteiger partial charge in [0, 0.05) is 23.8 Å². The van der Waals surface area contributed by atoms with Crippen LogP contribution in [0.4, 0.5) is 5.69 Å². The van der Waals surface area contributed by atoms with Gasteiger partial charge in [0.05, 0.1) is 10.5 Å². The predicted molar refractivity (Wildman–Crippen MR) is 95.6 cm³/mol. The van der Waals surface area contributed by atoms with Gasteiger partial charge < -0.3 is 9.25 Å². The lowest BCUT2D eigenvalue weighted by Gasteiger charge is -2.22. The Morgan fingerprint density at radius 1 is 1.22 bits per heavy atom. The molecule has 0 spiro atoms. The summed E-state index contributed by atoms with van der Waals surface area (Å²) in [5, 5.41) is 20.1. The van der Waals surface area contributed by atoms with E-state index in [0.717, 1.165) is 0 Å². The summed E-state index contributed by atoms with van der Waals surface area (Å²) >= 11 is 0. The highest BCUT2D eigenvalue weighted by molar-refractivity contribution is 6.32. The molecular weight excluding hydrogens is 352 g/mol. The summed E-state index contributed by atoms with van der Waals surface area (Å²) < 4.78 is 5.69. The number of hydroxylamine groups is 2. The van der Waals surface area contributed by atoms with Crippen LogP contribution in [0.1, 0.15) is 12.7 Å². The number of carbonyl (C=O) groups is 1. The van der Waals surface area contributed by atoms with Crippen molar-refractivity contribution in [3.05, 3.63) is 69.7 Å². The molecule has 0 saturated carbocycles. The summed E-state index contributed by atoms with van der Waals surface area (Å²) in [6.45, 7) is 1.70. The van der Waals surface area contributed by atoms with Gasteiger partial charge in [-0.1, -0.05) is 0 Å². The minimum atomic E-state index is -0.561. The average molecular weight is 364 g/mol. The maximum atomic E-state index is 12.2. The molecule has 9 nitrogen and oxygen atoms in total. The van der Waals surface area contributed by atoms with E-state index in [2.05, 4.69) is 4.99 Å². The van der Waals surface area contributed by atoms with E-state index in [9.17, 15) is 14.9 Å². The molecule has 2 aromatic rings. The number of allylic oxidation sites excluding steroid dienone is 1. The summed E-state index contributed by atoms with van der Waals surface area (Å²) in [5.41, 5.74) is 0.668. The number of hydrogen-bond donors (Lipinski definition) is 1. The Morgan fingerprint density at radius 2 is 1.96 bits per heavy atom. The topological polar surface area (TPSA) is 122 Å². The van der Waals surface area contributed by atoms with Crippen LogP contribution in [0.3, 0.4) is 0 Å². The average Bonchev–Trinajstić information content (AvgIpc) is 3.25. The fraction of sp³-hybridized carbons (Fsp3) is 0.0556. The van der Waals surface area contributed by atoms with Crippen molar-refractivity contribution in [1.82, 2.24) is 5.06 Å². The fourth-order valence-electron chi connectivity index (χ4n) is 2.68. The van der Waals surface area contributed by atoms with Crippen molar-refractivity contribution in [3.8, 4) is 11.3 Å². The third-order valence-corrected chi connectivity index (χ3v) is 3.96. The molecule has 0 saturated heterocycles. The van der Waals surface area contributed by atoms with Gasteiger partial charge in [-0.15, -0.1) is 5.06 Å². The number of rotatable bonds is 3. The second-order valence-corrected chi connectivity index (χ2v) is 5.83. The molecule has 1 aromatic carbocycles. The number of nitro groups is 1. The van der Waals surface area contributed by atoms with Gasteiger partial charge in [-0.25, -0.2) is 0 Å². The summed E-state index contributed by atoms with van der Waals surface area (Å²) in [4.78, 5) is 31.7. The summed E-state index contributed by atoms with van der Waals surface area (Å²) in [6, 6.07) is 9.23. The Balaban J connectivity index is 1.61. The van der Waals surface area contributed by atoms with Gasteiger partial charge in [0.25, 0.3) is 11.6 Å². The Hall–Kier alpha value is -4.01. The van der Waals surface area contributed by atoms with E-state index in [1.54, 1.807) is 37.3 Å². The summed E-state index contributed by atoms with van der Waals surface area (Å²) in [6.07, 6.45) is 2.99. The predicted octanol–water partition coefficient (Wildman–Crippen LogP) is 3.31. The first-order valence-electron chi connectivity index (χ1n) is 7.87. The molecule has 3 heterocycles. The van der Waals surface area contributed by atoms with Crippen LogP contribution in [-0.4, -0.2) is 27.6 Å². The lowest BCUT2D eigenvalue weighted by Crippen LogP contribution is -2.38. The van der Waals surface area contributed by atoms with Crippen LogP contribution in [-0.2, 0) is 9.63 Å². The van der Waals surface area contributed by atoms with Crippen LogP contribution in [0, 0.1) is 15.5 Å². The molecule has 27 heavy (non-hydrogen) atoms. The largest absolute Gasteiger partial charge is 0.457 e. The first-order chi connectivity index (χ1) is 12.9. The van der Waals surface area contributed by atoms with Crippen LogP contribution in [0.15, 0.2) is 63.2 Å². The van der Waals surface area contributed by atoms with Crippen LogP contribution in [0.2, 0.25) is 0 Å². The van der Waals surface area contributed by atoms with Crippen molar-refractivity contribution in [2.24, 2.45) is 4.99 Å². The lowest BCUT2D eigenvalue weighted by molar-refractivity contribution is -0.384. The number of nitro benzene ring substituents is 1. The molecule has 1 N–H and O–H groups in total. The number of fused-ring (bicyclic) bond motifs is 1. The second kappa shape index (κ2) is 6.06. The number of hydrogen-bond acceptors (Lipinski definition) is 6. The van der Waals surface area contributed by atoms with E-state index < -0.39 is 10.8 Å². The van der Waals surface area contributed by atoms with Crippen molar-refractivity contribution < 1.29 is 19.0 Å². The number of amidine groups is 2. The number of nitrogens with zero attached hydrogens (tertiary/aromatic N) is 3. The van der Waals surface area contributed by atoms with Gasteiger partial charge in [0.1, 0.15) is 17.3 Å². The third-order valence-electron chi connectivity index (χ3n) is 3.96. The van der Waals surface area contributed by atoms with Crippen molar-refractivity contribution in [1.29, 1.82) is 5.41 Å². The Bertz CT molecular complexity index is 1080. The van der Waals surface area contributed by atoms with E-state index in [-0.39, 0.29) is 22.9 Å². The number of non-ortho nitro benzene ring substituents is 1. The van der Waals surface area contributed by atoms with E-state index in [1.807, 2.05) is 0 Å². The fourth-order valence-corrected chi connectivity index (χ4v) is 2.68. The Kier molecular flexibility index (Phi) is 3.69. The molecule has 134 valence electrons. The molecule has 2 aliphatic heterocycles. The third kappa shape index (κ3) is 2.91. The summed E-state index contributed by atoms with van der Waals surface area (Å²) in [5.74, 6) is 0.932. The highest BCUT2D eigenvalue weighted by atomic mass is 16.7. The molecule has 1 aromatic heterocycles. The normalized spacial score (nSPS) is 17.5.